The van der Waals surface area contributed by atoms with Gasteiger partial charge in [-0.2, -0.15) is 0 Å². The van der Waals surface area contributed by atoms with Crippen LogP contribution in [0, 0.1) is 11.6 Å². The maximum atomic E-state index is 13.6. The van der Waals surface area contributed by atoms with Gasteiger partial charge >= 0.3 is 5.97 Å². The van der Waals surface area contributed by atoms with Crippen molar-refractivity contribution in [2.45, 2.75) is 18.8 Å². The lowest BCUT2D eigenvalue weighted by molar-refractivity contribution is -0.138. The fourth-order valence-electron chi connectivity index (χ4n) is 1.83. The number of carbonyl (C=O) groups is 1. The van der Waals surface area contributed by atoms with Gasteiger partial charge in [0.15, 0.2) is 11.6 Å². The molecule has 108 valence electrons. The highest BCUT2D eigenvalue weighted by molar-refractivity contribution is 5.85. The molecule has 0 aliphatic rings. The number of halogens is 3. The summed E-state index contributed by atoms with van der Waals surface area (Å²) in [6, 6.07) is 1.73. The van der Waals surface area contributed by atoms with Gasteiger partial charge < -0.3 is 15.6 Å². The van der Waals surface area contributed by atoms with E-state index in [9.17, 15) is 13.6 Å². The van der Waals surface area contributed by atoms with Crippen molar-refractivity contribution in [1.29, 1.82) is 0 Å². The summed E-state index contributed by atoms with van der Waals surface area (Å²) in [4.78, 5) is 10.8. The van der Waals surface area contributed by atoms with Gasteiger partial charge in [0.05, 0.1) is 13.5 Å². The van der Waals surface area contributed by atoms with Crippen LogP contribution in [0.3, 0.4) is 0 Å². The van der Waals surface area contributed by atoms with E-state index in [1.54, 1.807) is 0 Å². The number of aliphatic carboxylic acids is 1. The average Bonchev–Trinajstić information content (AvgIpc) is 2.27. The van der Waals surface area contributed by atoms with Gasteiger partial charge in [0.2, 0.25) is 0 Å². The van der Waals surface area contributed by atoms with Crippen LogP contribution in [-0.2, 0) is 10.2 Å². The molecule has 1 unspecified atom stereocenters. The van der Waals surface area contributed by atoms with Crippen LogP contribution in [0.5, 0.6) is 5.75 Å². The molecule has 4 nitrogen and oxygen atoms in total. The number of carboxylic acid groups (broad SMARTS) is 1. The SMILES string of the molecule is COc1c(F)cc(F)cc1C(C)(CN)CC(=O)O.Cl. The van der Waals surface area contributed by atoms with Crippen LogP contribution in [0.2, 0.25) is 0 Å². The van der Waals surface area contributed by atoms with Crippen molar-refractivity contribution in [3.8, 4) is 5.75 Å². The van der Waals surface area contributed by atoms with Crippen LogP contribution in [0.1, 0.15) is 18.9 Å². The van der Waals surface area contributed by atoms with Crippen LogP contribution in [-0.4, -0.2) is 24.7 Å². The number of hydrogen-bond acceptors (Lipinski definition) is 3. The topological polar surface area (TPSA) is 72.5 Å². The van der Waals surface area contributed by atoms with Crippen molar-refractivity contribution in [2.24, 2.45) is 5.73 Å². The van der Waals surface area contributed by atoms with Gasteiger partial charge in [0.25, 0.3) is 0 Å². The Hall–Kier alpha value is -1.40. The highest BCUT2D eigenvalue weighted by Crippen LogP contribution is 2.36. The van der Waals surface area contributed by atoms with Crippen molar-refractivity contribution >= 4 is 18.4 Å². The minimum absolute atomic E-state index is 0. The Labute approximate surface area is 116 Å². The van der Waals surface area contributed by atoms with Crippen LogP contribution in [0.15, 0.2) is 12.1 Å². The molecule has 1 atom stereocenters. The zero-order chi connectivity index (χ0) is 13.9. The fourth-order valence-corrected chi connectivity index (χ4v) is 1.83. The summed E-state index contributed by atoms with van der Waals surface area (Å²) in [5.41, 5.74) is 4.57. The third kappa shape index (κ3) is 3.78. The van der Waals surface area contributed by atoms with Crippen molar-refractivity contribution in [2.75, 3.05) is 13.7 Å². The number of benzene rings is 1. The number of ether oxygens (including phenoxy) is 1. The quantitative estimate of drug-likeness (QED) is 0.872. The molecule has 7 heteroatoms. The summed E-state index contributed by atoms with van der Waals surface area (Å²) in [7, 11) is 1.23. The minimum atomic E-state index is -1.10. The Morgan fingerprint density at radius 1 is 1.47 bits per heavy atom. The molecular weight excluding hydrogens is 280 g/mol. The van der Waals surface area contributed by atoms with Gasteiger partial charge in [-0.05, 0) is 6.07 Å². The molecule has 0 amide bonds. The molecular formula is C12H16ClF2NO3. The summed E-state index contributed by atoms with van der Waals surface area (Å²) in [5.74, 6) is -2.95. The molecule has 3 N–H and O–H groups in total. The summed E-state index contributed by atoms with van der Waals surface area (Å²) >= 11 is 0. The smallest absolute Gasteiger partial charge is 0.304 e. The Kier molecular flexibility index (Phi) is 6.18. The third-order valence-electron chi connectivity index (χ3n) is 2.85. The first-order chi connectivity index (χ1) is 8.34. The molecule has 0 spiro atoms. The summed E-state index contributed by atoms with van der Waals surface area (Å²) in [6.45, 7) is 1.45. The summed E-state index contributed by atoms with van der Waals surface area (Å²) < 4.78 is 31.7. The van der Waals surface area contributed by atoms with E-state index in [0.717, 1.165) is 6.07 Å². The standard InChI is InChI=1S/C12H15F2NO3.ClH/c1-12(6-15,5-10(16)17)8-3-7(13)4-9(14)11(8)18-2;/h3-4H,5-6,15H2,1-2H3,(H,16,17);1H. The number of rotatable bonds is 5. The lowest BCUT2D eigenvalue weighted by atomic mass is 9.79. The second-order valence-corrected chi connectivity index (χ2v) is 4.30. The fraction of sp³-hybridized carbons (Fsp3) is 0.417. The van der Waals surface area contributed by atoms with Gasteiger partial charge in [-0.25, -0.2) is 8.78 Å². The Morgan fingerprint density at radius 3 is 2.47 bits per heavy atom. The predicted molar refractivity (Wildman–Crippen MR) is 68.8 cm³/mol. The first-order valence-corrected chi connectivity index (χ1v) is 5.29. The van der Waals surface area contributed by atoms with E-state index >= 15 is 0 Å². The number of nitrogens with two attached hydrogens (primary N) is 1. The average molecular weight is 296 g/mol. The molecule has 0 radical (unpaired) electrons. The Morgan fingerprint density at radius 2 is 2.05 bits per heavy atom. The van der Waals surface area contributed by atoms with Crippen molar-refractivity contribution < 1.29 is 23.4 Å². The zero-order valence-electron chi connectivity index (χ0n) is 10.6. The molecule has 0 saturated heterocycles. The second-order valence-electron chi connectivity index (χ2n) is 4.30. The number of methoxy groups -OCH3 is 1. The normalized spacial score (nSPS) is 13.3. The van der Waals surface area contributed by atoms with Gasteiger partial charge in [0.1, 0.15) is 5.82 Å². The first kappa shape index (κ1) is 17.6. The first-order valence-electron chi connectivity index (χ1n) is 5.29. The molecule has 0 aliphatic heterocycles. The molecule has 19 heavy (non-hydrogen) atoms. The molecule has 0 heterocycles. The van der Waals surface area contributed by atoms with Crippen molar-refractivity contribution in [1.82, 2.24) is 0 Å². The largest absolute Gasteiger partial charge is 0.493 e. The van der Waals surface area contributed by atoms with E-state index in [0.29, 0.717) is 6.07 Å². The van der Waals surface area contributed by atoms with E-state index < -0.39 is 23.0 Å². The zero-order valence-corrected chi connectivity index (χ0v) is 11.4. The van der Waals surface area contributed by atoms with Gasteiger partial charge in [-0.15, -0.1) is 12.4 Å². The molecule has 1 aromatic carbocycles. The lowest BCUT2D eigenvalue weighted by Crippen LogP contribution is -2.35. The maximum absolute atomic E-state index is 13.6. The molecule has 0 aromatic heterocycles. The van der Waals surface area contributed by atoms with Crippen LogP contribution in [0.4, 0.5) is 8.78 Å². The van der Waals surface area contributed by atoms with E-state index in [1.807, 2.05) is 0 Å². The Bertz CT molecular complexity index is 471. The number of hydrogen-bond donors (Lipinski definition) is 2. The van der Waals surface area contributed by atoms with Crippen LogP contribution < -0.4 is 10.5 Å². The molecule has 0 saturated carbocycles. The minimum Gasteiger partial charge on any atom is -0.493 e. The lowest BCUT2D eigenvalue weighted by Gasteiger charge is -2.28. The molecule has 1 rings (SSSR count). The molecule has 0 aliphatic carbocycles. The van der Waals surface area contributed by atoms with Crippen molar-refractivity contribution in [3.63, 3.8) is 0 Å². The van der Waals surface area contributed by atoms with E-state index in [4.69, 9.17) is 15.6 Å². The molecule has 1 aromatic rings. The van der Waals surface area contributed by atoms with E-state index in [-0.39, 0.29) is 36.7 Å². The van der Waals surface area contributed by atoms with Gasteiger partial charge in [-0.1, -0.05) is 6.92 Å². The summed E-state index contributed by atoms with van der Waals surface area (Å²) in [5, 5.41) is 8.86. The van der Waals surface area contributed by atoms with Crippen LogP contribution >= 0.6 is 12.4 Å². The summed E-state index contributed by atoms with van der Waals surface area (Å²) in [6.07, 6.45) is -0.344. The van der Waals surface area contributed by atoms with E-state index in [1.165, 1.54) is 14.0 Å². The second kappa shape index (κ2) is 6.68. The monoisotopic (exact) mass is 295 g/mol. The van der Waals surface area contributed by atoms with E-state index in [2.05, 4.69) is 0 Å². The van der Waals surface area contributed by atoms with Gasteiger partial charge in [-0.3, -0.25) is 4.79 Å². The van der Waals surface area contributed by atoms with Crippen LogP contribution in [0.25, 0.3) is 0 Å². The highest BCUT2D eigenvalue weighted by atomic mass is 35.5. The van der Waals surface area contributed by atoms with Gasteiger partial charge in [0, 0.05) is 23.6 Å². The molecule has 0 fully saturated rings. The maximum Gasteiger partial charge on any atom is 0.304 e. The molecule has 0 bridgehead atoms. The van der Waals surface area contributed by atoms with Crippen molar-refractivity contribution in [3.05, 3.63) is 29.3 Å². The third-order valence-corrected chi connectivity index (χ3v) is 2.85. The highest BCUT2D eigenvalue weighted by Gasteiger charge is 2.33. The Balaban J connectivity index is 0.00000324. The number of carboxylic acids is 1. The predicted octanol–water partition coefficient (Wildman–Crippen LogP) is 2.09.